The fraction of sp³-hybridized carbons (Fsp3) is 0.290. The van der Waals surface area contributed by atoms with Crippen molar-refractivity contribution in [2.24, 2.45) is 0 Å². The summed E-state index contributed by atoms with van der Waals surface area (Å²) < 4.78 is 193. The molecule has 0 fully saturated rings. The highest BCUT2D eigenvalue weighted by Gasteiger charge is 2.41. The number of carbonyl (C=O) groups excluding carboxylic acids is 10. The van der Waals surface area contributed by atoms with Gasteiger partial charge in [-0.1, -0.05) is 80.9 Å². The number of alkyl halides is 9. The molecule has 8 rings (SSSR count). The van der Waals surface area contributed by atoms with Gasteiger partial charge in [-0.3, -0.25) is 0 Å². The molecular weight excluding hydrogens is 1690 g/mol. The maximum Gasteiger partial charge on any atom is 0.573 e. The standard InChI is InChI=1S/C47H47F3O13.C46H42F6O12/c1-9-40(52)58-20-11-19-57-39-23-27(4)43(31(8)29(39)6)46(56)62-38-17-16-34(24-36(38)44(54)60-25-32-12-14-33(15-13-32)63-47(48,49)50)61-45(55)42-26(3)22-35(28(5)30(42)7)37(51)18-21-59-41(53)10-2;1-5-38(54)60-23-11-10-22-59-37-21-19-32(28(4)41(37)46(50,51)52)43(57)64-36-20-16-30(25-34(36)42(56)62-26-29-13-8-7-9-14-29)63-44(58)33-18-17-31(27(3)40(33)45(47,48)49)35(53)15-12-24-61-39(55)6-2/h9-10,12-17,22-24,37,51H,1-2,11,18-21,25H2,3-8H3;5-9,13-14,16-21,25,35,53H,1-2,10-12,15,22-24,26H2,3-4H3. The Morgan fingerprint density at radius 2 is 0.772 bits per heavy atom. The molecule has 674 valence electrons. The van der Waals surface area contributed by atoms with Crippen LogP contribution in [-0.4, -0.2) is 116 Å². The number of esters is 10. The first-order chi connectivity index (χ1) is 60.0. The maximum atomic E-state index is 14.5. The molecule has 8 aromatic rings. The highest BCUT2D eigenvalue weighted by Crippen LogP contribution is 2.43. The van der Waals surface area contributed by atoms with Crippen molar-refractivity contribution in [3.05, 3.63) is 289 Å². The van der Waals surface area contributed by atoms with Crippen LogP contribution >= 0.6 is 0 Å². The van der Waals surface area contributed by atoms with Gasteiger partial charge >= 0.3 is 78.4 Å². The summed E-state index contributed by atoms with van der Waals surface area (Å²) in [5.74, 6) is -11.4. The van der Waals surface area contributed by atoms with Gasteiger partial charge < -0.3 is 71.8 Å². The molecule has 0 bridgehead atoms. The van der Waals surface area contributed by atoms with Crippen molar-refractivity contribution in [2.75, 3.05) is 39.6 Å². The van der Waals surface area contributed by atoms with Crippen LogP contribution in [0.5, 0.6) is 40.2 Å². The first kappa shape index (κ1) is 100. The van der Waals surface area contributed by atoms with Crippen LogP contribution in [0.15, 0.2) is 178 Å². The number of rotatable bonds is 39. The van der Waals surface area contributed by atoms with Gasteiger partial charge in [0.15, 0.2) is 0 Å². The Balaban J connectivity index is 0.000000348. The molecule has 127 heavy (non-hydrogen) atoms. The van der Waals surface area contributed by atoms with Crippen molar-refractivity contribution >= 4 is 59.7 Å². The Morgan fingerprint density at radius 3 is 1.31 bits per heavy atom. The highest BCUT2D eigenvalue weighted by molar-refractivity contribution is 6.01. The van der Waals surface area contributed by atoms with E-state index in [4.69, 9.17) is 56.8 Å². The summed E-state index contributed by atoms with van der Waals surface area (Å²) in [6.45, 7) is 24.6. The van der Waals surface area contributed by atoms with Crippen molar-refractivity contribution in [2.45, 2.75) is 138 Å². The molecule has 0 aliphatic rings. The van der Waals surface area contributed by atoms with Crippen LogP contribution < -0.4 is 33.2 Å². The minimum Gasteiger partial charge on any atom is -0.493 e. The number of benzene rings is 8. The second kappa shape index (κ2) is 46.2. The number of ether oxygens (including phenoxy) is 13. The van der Waals surface area contributed by atoms with E-state index in [9.17, 15) is 97.7 Å². The van der Waals surface area contributed by atoms with Gasteiger partial charge in [-0.15, -0.1) is 13.2 Å². The number of hydrogen-bond donors (Lipinski definition) is 2. The van der Waals surface area contributed by atoms with E-state index >= 15 is 0 Å². The average molecular weight is 1780 g/mol. The molecule has 0 aliphatic carbocycles. The molecular formula is C93H89F9O25. The monoisotopic (exact) mass is 1780 g/mol. The number of aliphatic hydroxyl groups excluding tert-OH is 2. The second-order valence-corrected chi connectivity index (χ2v) is 27.9. The zero-order valence-corrected chi connectivity index (χ0v) is 70.0. The summed E-state index contributed by atoms with van der Waals surface area (Å²) in [6.07, 6.45) is -12.6. The molecule has 0 saturated carbocycles. The molecule has 0 spiro atoms. The molecule has 0 radical (unpaired) electrons. The van der Waals surface area contributed by atoms with E-state index in [-0.39, 0.29) is 112 Å². The lowest BCUT2D eigenvalue weighted by atomic mass is 9.90. The lowest BCUT2D eigenvalue weighted by molar-refractivity contribution is -0.274. The van der Waals surface area contributed by atoms with E-state index in [1.165, 1.54) is 24.3 Å². The smallest absolute Gasteiger partial charge is 0.493 e. The SMILES string of the molecule is C=CC(=O)OCCCCOc1ccc(C(=O)Oc2ccc(OC(=O)c3ccc(C(O)CCCOC(=O)C=C)c(C)c3C(F)(F)F)cc2C(=O)OCc2ccccc2)c(C)c1C(F)(F)F.C=CC(=O)OCCCOc1cc(C)c(C(=O)Oc2ccc(OC(=O)c3c(C)cc(C(O)CCOC(=O)C=C)c(C)c3C)cc2C(=O)OCc2ccc(OC(F)(F)F)cc2)c(C)c1C. The molecule has 2 N–H and O–H groups in total. The second-order valence-electron chi connectivity index (χ2n) is 27.9. The minimum absolute atomic E-state index is 0.0190. The van der Waals surface area contributed by atoms with Crippen LogP contribution in [0.1, 0.15) is 191 Å². The molecule has 0 saturated heterocycles. The normalized spacial score (nSPS) is 11.6. The third-order valence-electron chi connectivity index (χ3n) is 19.2. The van der Waals surface area contributed by atoms with Gasteiger partial charge in [0.25, 0.3) is 0 Å². The Hall–Kier alpha value is -13.9. The summed E-state index contributed by atoms with van der Waals surface area (Å²) in [6, 6.07) is 26.4. The molecule has 8 aromatic carbocycles. The van der Waals surface area contributed by atoms with Gasteiger partial charge in [-0.2, -0.15) is 26.3 Å². The van der Waals surface area contributed by atoms with Crippen LogP contribution in [0, 0.1) is 55.4 Å². The number of unbranched alkanes of at least 4 members (excludes halogenated alkanes) is 1. The van der Waals surface area contributed by atoms with Crippen LogP contribution in [0.25, 0.3) is 0 Å². The molecule has 25 nitrogen and oxygen atoms in total. The number of aliphatic hydroxyl groups is 2. The molecule has 0 heterocycles. The zero-order chi connectivity index (χ0) is 93.8. The number of aryl methyl sites for hydroxylation is 2. The fourth-order valence-electron chi connectivity index (χ4n) is 12.6. The summed E-state index contributed by atoms with van der Waals surface area (Å²) in [5, 5.41) is 21.6. The summed E-state index contributed by atoms with van der Waals surface area (Å²) >= 11 is 0. The average Bonchev–Trinajstić information content (AvgIpc) is 0.773. The van der Waals surface area contributed by atoms with Gasteiger partial charge in [-0.05, 0) is 221 Å². The first-order valence-corrected chi connectivity index (χ1v) is 38.8. The van der Waals surface area contributed by atoms with E-state index in [1.807, 2.05) is 0 Å². The van der Waals surface area contributed by atoms with Crippen LogP contribution in [0.2, 0.25) is 0 Å². The van der Waals surface area contributed by atoms with E-state index in [2.05, 4.69) is 31.1 Å². The number of halogens is 9. The molecule has 0 aromatic heterocycles. The number of carbonyl (C=O) groups is 10. The Kier molecular flexibility index (Phi) is 36.4. The predicted octanol–water partition coefficient (Wildman–Crippen LogP) is 18.4. The van der Waals surface area contributed by atoms with E-state index in [0.29, 0.717) is 62.2 Å². The van der Waals surface area contributed by atoms with E-state index < -0.39 is 159 Å². The summed E-state index contributed by atoms with van der Waals surface area (Å²) in [7, 11) is 0. The van der Waals surface area contributed by atoms with Crippen molar-refractivity contribution < 1.29 is 159 Å². The van der Waals surface area contributed by atoms with Gasteiger partial charge in [0.1, 0.15) is 70.2 Å². The molecule has 2 unspecified atom stereocenters. The molecule has 34 heteroatoms. The minimum atomic E-state index is -5.13. The molecule has 2 atom stereocenters. The van der Waals surface area contributed by atoms with Gasteiger partial charge in [0.05, 0.1) is 79.7 Å². The predicted molar refractivity (Wildman–Crippen MR) is 437 cm³/mol. The maximum absolute atomic E-state index is 14.5. The lowest BCUT2D eigenvalue weighted by Gasteiger charge is -2.21. The highest BCUT2D eigenvalue weighted by atomic mass is 19.4. The Morgan fingerprint density at radius 1 is 0.346 bits per heavy atom. The van der Waals surface area contributed by atoms with Gasteiger partial charge in [0.2, 0.25) is 0 Å². The number of hydrogen-bond acceptors (Lipinski definition) is 25. The van der Waals surface area contributed by atoms with Gasteiger partial charge in [0, 0.05) is 37.1 Å². The van der Waals surface area contributed by atoms with E-state index in [0.717, 1.165) is 98.8 Å². The first-order valence-electron chi connectivity index (χ1n) is 38.8. The van der Waals surface area contributed by atoms with Crippen molar-refractivity contribution in [1.29, 1.82) is 0 Å². The Bertz CT molecular complexity index is 5400. The quantitative estimate of drug-likeness (QED) is 0.00902. The van der Waals surface area contributed by atoms with Crippen molar-refractivity contribution in [1.82, 2.24) is 0 Å². The summed E-state index contributed by atoms with van der Waals surface area (Å²) in [5.41, 5.74) is -1.49. The summed E-state index contributed by atoms with van der Waals surface area (Å²) in [4.78, 5) is 127. The van der Waals surface area contributed by atoms with Gasteiger partial charge in [-0.25, -0.2) is 47.9 Å². The van der Waals surface area contributed by atoms with Crippen LogP contribution in [0.4, 0.5) is 39.5 Å². The molecule has 0 aliphatic heterocycles. The van der Waals surface area contributed by atoms with Crippen molar-refractivity contribution in [3.63, 3.8) is 0 Å². The topological polar surface area (TPSA) is 331 Å². The van der Waals surface area contributed by atoms with Crippen LogP contribution in [-0.2, 0) is 73.2 Å². The van der Waals surface area contributed by atoms with Crippen LogP contribution in [0.3, 0.4) is 0 Å². The van der Waals surface area contributed by atoms with E-state index in [1.54, 1.807) is 84.0 Å². The van der Waals surface area contributed by atoms with Crippen molar-refractivity contribution in [3.8, 4) is 40.2 Å². The zero-order valence-electron chi connectivity index (χ0n) is 70.0. The third-order valence-corrected chi connectivity index (χ3v) is 19.2. The fourth-order valence-corrected chi connectivity index (χ4v) is 12.6. The third kappa shape index (κ3) is 28.8. The lowest BCUT2D eigenvalue weighted by Crippen LogP contribution is -2.20. The molecule has 0 amide bonds. The Labute approximate surface area is 723 Å². The largest absolute Gasteiger partial charge is 0.573 e.